The van der Waals surface area contributed by atoms with Gasteiger partial charge in [0.2, 0.25) is 0 Å². The highest BCUT2D eigenvalue weighted by molar-refractivity contribution is 9.10. The lowest BCUT2D eigenvalue weighted by Crippen LogP contribution is -2.05. The van der Waals surface area contributed by atoms with Crippen LogP contribution in [0.2, 0.25) is 0 Å². The average molecular weight is 323 g/mol. The number of hydrogen-bond acceptors (Lipinski definition) is 4. The molecule has 8 heteroatoms. The van der Waals surface area contributed by atoms with Gasteiger partial charge in [0.25, 0.3) is 9.05 Å². The number of halogens is 2. The first kappa shape index (κ1) is 11.6. The smallest absolute Gasteiger partial charge is 0.235 e. The maximum atomic E-state index is 11.4. The molecule has 16 heavy (non-hydrogen) atoms. The van der Waals surface area contributed by atoms with Crippen molar-refractivity contribution < 1.29 is 8.42 Å². The van der Waals surface area contributed by atoms with E-state index < -0.39 is 9.05 Å². The van der Waals surface area contributed by atoms with E-state index >= 15 is 0 Å². The molecule has 0 bridgehead atoms. The van der Waals surface area contributed by atoms with E-state index in [1.165, 1.54) is 23.1 Å². The molecule has 2 aromatic rings. The summed E-state index contributed by atoms with van der Waals surface area (Å²) in [4.78, 5) is 3.89. The summed E-state index contributed by atoms with van der Waals surface area (Å²) in [6.45, 7) is 0. The molecule has 2 heterocycles. The van der Waals surface area contributed by atoms with Crippen molar-refractivity contribution >= 4 is 35.7 Å². The Morgan fingerprint density at radius 3 is 2.75 bits per heavy atom. The first-order valence-electron chi connectivity index (χ1n) is 4.09. The molecular weight excluding hydrogens is 318 g/mol. The molecule has 0 aliphatic rings. The molecule has 0 atom stereocenters. The van der Waals surface area contributed by atoms with E-state index in [-0.39, 0.29) is 10.7 Å². The zero-order chi connectivity index (χ0) is 11.8. The number of pyridine rings is 1. The Kier molecular flexibility index (Phi) is 3.00. The number of rotatable bonds is 2. The van der Waals surface area contributed by atoms with Gasteiger partial charge in [-0.15, -0.1) is 0 Å². The summed E-state index contributed by atoms with van der Waals surface area (Å²) in [5.74, 6) is 0.170. The molecular formula is C8H5BrClN3O2S. The van der Waals surface area contributed by atoms with Crippen LogP contribution in [0.25, 0.3) is 5.82 Å². The molecule has 0 amide bonds. The highest BCUT2D eigenvalue weighted by Crippen LogP contribution is 2.24. The van der Waals surface area contributed by atoms with Gasteiger partial charge in [-0.2, -0.15) is 5.10 Å². The standard InChI is InChI=1S/C8H5BrClN3O2S/c9-6-4-7(16(10,14)15)8(11-5-6)13-3-1-2-12-13/h1-5H. The molecule has 0 spiro atoms. The maximum absolute atomic E-state index is 11.4. The van der Waals surface area contributed by atoms with Crippen LogP contribution in [0.15, 0.2) is 40.1 Å². The van der Waals surface area contributed by atoms with Crippen LogP contribution in [-0.2, 0) is 9.05 Å². The molecule has 0 N–H and O–H groups in total. The Morgan fingerprint density at radius 2 is 2.19 bits per heavy atom. The van der Waals surface area contributed by atoms with Crippen LogP contribution in [0.1, 0.15) is 0 Å². The van der Waals surface area contributed by atoms with Gasteiger partial charge in [-0.25, -0.2) is 18.1 Å². The van der Waals surface area contributed by atoms with Crippen molar-refractivity contribution in [3.05, 3.63) is 35.2 Å². The Morgan fingerprint density at radius 1 is 1.44 bits per heavy atom. The van der Waals surface area contributed by atoms with Gasteiger partial charge in [0, 0.05) is 33.7 Å². The molecule has 84 valence electrons. The van der Waals surface area contributed by atoms with Gasteiger partial charge in [0.05, 0.1) is 0 Å². The summed E-state index contributed by atoms with van der Waals surface area (Å²) in [6.07, 6.45) is 4.58. The molecule has 0 saturated heterocycles. The molecule has 2 aromatic heterocycles. The third kappa shape index (κ3) is 2.26. The number of nitrogens with zero attached hydrogens (tertiary/aromatic N) is 3. The highest BCUT2D eigenvalue weighted by atomic mass is 79.9. The van der Waals surface area contributed by atoms with Crippen LogP contribution in [0.5, 0.6) is 0 Å². The quantitative estimate of drug-likeness (QED) is 0.793. The van der Waals surface area contributed by atoms with E-state index in [9.17, 15) is 8.42 Å². The van der Waals surface area contributed by atoms with Crippen molar-refractivity contribution in [2.75, 3.05) is 0 Å². The first-order valence-corrected chi connectivity index (χ1v) is 7.19. The van der Waals surface area contributed by atoms with Crippen molar-refractivity contribution in [2.24, 2.45) is 0 Å². The third-order valence-electron chi connectivity index (χ3n) is 1.78. The van der Waals surface area contributed by atoms with E-state index in [2.05, 4.69) is 26.0 Å². The molecule has 5 nitrogen and oxygen atoms in total. The summed E-state index contributed by atoms with van der Waals surface area (Å²) < 4.78 is 24.6. The summed E-state index contributed by atoms with van der Waals surface area (Å²) in [5.41, 5.74) is 0. The zero-order valence-corrected chi connectivity index (χ0v) is 10.9. The molecule has 0 unspecified atom stereocenters. The molecule has 2 rings (SSSR count). The van der Waals surface area contributed by atoms with E-state index in [1.54, 1.807) is 12.3 Å². The van der Waals surface area contributed by atoms with Crippen molar-refractivity contribution in [3.8, 4) is 5.82 Å². The van der Waals surface area contributed by atoms with Gasteiger partial charge in [-0.05, 0) is 28.1 Å². The van der Waals surface area contributed by atoms with E-state index in [0.717, 1.165) is 0 Å². The number of hydrogen-bond donors (Lipinski definition) is 0. The Labute approximate surface area is 105 Å². The molecule has 0 aliphatic carbocycles. The van der Waals surface area contributed by atoms with Crippen LogP contribution in [-0.4, -0.2) is 23.2 Å². The highest BCUT2D eigenvalue weighted by Gasteiger charge is 2.19. The van der Waals surface area contributed by atoms with Crippen LogP contribution >= 0.6 is 26.6 Å². The van der Waals surface area contributed by atoms with Crippen LogP contribution in [0.4, 0.5) is 0 Å². The first-order chi connectivity index (χ1) is 7.48. The monoisotopic (exact) mass is 321 g/mol. The number of aromatic nitrogens is 3. The van der Waals surface area contributed by atoms with E-state index in [0.29, 0.717) is 4.47 Å². The van der Waals surface area contributed by atoms with E-state index in [4.69, 9.17) is 10.7 Å². The van der Waals surface area contributed by atoms with Crippen molar-refractivity contribution in [3.63, 3.8) is 0 Å². The summed E-state index contributed by atoms with van der Waals surface area (Å²) >= 11 is 3.14. The third-order valence-corrected chi connectivity index (χ3v) is 3.54. The predicted molar refractivity (Wildman–Crippen MR) is 62.1 cm³/mol. The second-order valence-corrected chi connectivity index (χ2v) is 6.31. The lowest BCUT2D eigenvalue weighted by molar-refractivity contribution is 0.607. The minimum Gasteiger partial charge on any atom is -0.235 e. The topological polar surface area (TPSA) is 64.8 Å². The van der Waals surface area contributed by atoms with E-state index in [1.807, 2.05) is 0 Å². The zero-order valence-electron chi connectivity index (χ0n) is 7.71. The van der Waals surface area contributed by atoms with Gasteiger partial charge >= 0.3 is 0 Å². The van der Waals surface area contributed by atoms with Crippen LogP contribution in [0.3, 0.4) is 0 Å². The fraction of sp³-hybridized carbons (Fsp3) is 0. The summed E-state index contributed by atoms with van der Waals surface area (Å²) in [7, 11) is 1.46. The van der Waals surface area contributed by atoms with Crippen molar-refractivity contribution in [1.82, 2.24) is 14.8 Å². The lowest BCUT2D eigenvalue weighted by atomic mass is 10.4. The van der Waals surface area contributed by atoms with Gasteiger partial charge < -0.3 is 0 Å². The fourth-order valence-electron chi connectivity index (χ4n) is 1.16. The van der Waals surface area contributed by atoms with Gasteiger partial charge in [0.1, 0.15) is 4.90 Å². The molecule has 0 fully saturated rings. The fourth-order valence-corrected chi connectivity index (χ4v) is 2.61. The maximum Gasteiger partial charge on any atom is 0.265 e. The summed E-state index contributed by atoms with van der Waals surface area (Å²) in [6, 6.07) is 3.04. The van der Waals surface area contributed by atoms with Gasteiger partial charge in [-0.3, -0.25) is 0 Å². The van der Waals surface area contributed by atoms with Crippen molar-refractivity contribution in [1.29, 1.82) is 0 Å². The molecule has 0 radical (unpaired) electrons. The molecule has 0 aliphatic heterocycles. The molecule has 0 saturated carbocycles. The van der Waals surface area contributed by atoms with Crippen LogP contribution in [0, 0.1) is 0 Å². The SMILES string of the molecule is O=S(=O)(Cl)c1cc(Br)cnc1-n1cccn1. The minimum absolute atomic E-state index is 0.0905. The minimum atomic E-state index is -3.86. The average Bonchev–Trinajstić information content (AvgIpc) is 2.69. The Balaban J connectivity index is 2.72. The van der Waals surface area contributed by atoms with Gasteiger partial charge in [-0.1, -0.05) is 0 Å². The predicted octanol–water partition coefficient (Wildman–Crippen LogP) is 1.96. The normalized spacial score (nSPS) is 11.6. The Hall–Kier alpha value is -0.920. The molecule has 0 aromatic carbocycles. The van der Waals surface area contributed by atoms with Gasteiger partial charge in [0.15, 0.2) is 5.82 Å². The largest absolute Gasteiger partial charge is 0.265 e. The Bertz CT molecular complexity index is 612. The summed E-state index contributed by atoms with van der Waals surface area (Å²) in [5, 5.41) is 3.91. The lowest BCUT2D eigenvalue weighted by Gasteiger charge is -2.05. The second kappa shape index (κ2) is 4.15. The second-order valence-electron chi connectivity index (χ2n) is 2.86. The van der Waals surface area contributed by atoms with Crippen molar-refractivity contribution in [2.45, 2.75) is 4.90 Å². The van der Waals surface area contributed by atoms with Crippen LogP contribution < -0.4 is 0 Å².